The Morgan fingerprint density at radius 3 is 2.35 bits per heavy atom. The van der Waals surface area contributed by atoms with Gasteiger partial charge in [-0.15, -0.1) is 11.3 Å². The highest BCUT2D eigenvalue weighted by molar-refractivity contribution is 7.11. The van der Waals surface area contributed by atoms with Crippen molar-refractivity contribution in [2.24, 2.45) is 0 Å². The van der Waals surface area contributed by atoms with Crippen molar-refractivity contribution < 1.29 is 9.90 Å². The highest BCUT2D eigenvalue weighted by Gasteiger charge is 2.17. The van der Waals surface area contributed by atoms with Gasteiger partial charge in [0.05, 0.1) is 23.5 Å². The summed E-state index contributed by atoms with van der Waals surface area (Å²) in [5.41, 5.74) is 5.79. The minimum atomic E-state index is -0.215. The summed E-state index contributed by atoms with van der Waals surface area (Å²) in [7, 11) is 0. The highest BCUT2D eigenvalue weighted by atomic mass is 32.1. The molecule has 3 N–H and O–H groups in total. The first-order valence-corrected chi connectivity index (χ1v) is 13.1. The van der Waals surface area contributed by atoms with Crippen molar-refractivity contribution in [3.63, 3.8) is 0 Å². The number of hydrogen-bond acceptors (Lipinski definition) is 7. The molecule has 0 aliphatic carbocycles. The third-order valence-corrected chi connectivity index (χ3v) is 7.32. The van der Waals surface area contributed by atoms with Crippen LogP contribution in [-0.2, 0) is 0 Å². The lowest BCUT2D eigenvalue weighted by atomic mass is 10.1. The minimum absolute atomic E-state index is 0.169. The number of aromatic nitrogens is 3. The quantitative estimate of drug-likeness (QED) is 0.282. The summed E-state index contributed by atoms with van der Waals surface area (Å²) in [5, 5.41) is 23.9. The molecule has 3 aromatic carbocycles. The van der Waals surface area contributed by atoms with Crippen molar-refractivity contribution in [1.82, 2.24) is 14.8 Å². The van der Waals surface area contributed by atoms with Crippen LogP contribution in [0.25, 0.3) is 16.6 Å². The molecule has 5 aromatic rings. The molecule has 0 unspecified atom stereocenters. The molecule has 0 spiro atoms. The smallest absolute Gasteiger partial charge is 0.284 e. The van der Waals surface area contributed by atoms with Gasteiger partial charge < -0.3 is 20.6 Å². The second kappa shape index (κ2) is 10.0. The molecular formula is C28H26N6O2S. The van der Waals surface area contributed by atoms with Crippen LogP contribution in [0.5, 0.6) is 0 Å². The Balaban J connectivity index is 1.14. The maximum Gasteiger partial charge on any atom is 0.284 e. The topological polar surface area (TPSA) is 95.3 Å². The third-order valence-electron chi connectivity index (χ3n) is 6.55. The van der Waals surface area contributed by atoms with Crippen LogP contribution in [0.3, 0.4) is 0 Å². The lowest BCUT2D eigenvalue weighted by Crippen LogP contribution is -2.35. The monoisotopic (exact) mass is 510 g/mol. The molecule has 9 heteroatoms. The van der Waals surface area contributed by atoms with Gasteiger partial charge >= 0.3 is 0 Å². The number of nitrogens with zero attached hydrogens (tertiary/aromatic N) is 4. The molecule has 2 aromatic heterocycles. The van der Waals surface area contributed by atoms with Crippen LogP contribution in [0.15, 0.2) is 84.5 Å². The summed E-state index contributed by atoms with van der Waals surface area (Å²) >= 11 is 1.31. The number of anilines is 4. The van der Waals surface area contributed by atoms with Crippen LogP contribution in [0.1, 0.15) is 22.6 Å². The van der Waals surface area contributed by atoms with Crippen molar-refractivity contribution >= 4 is 50.9 Å². The Labute approximate surface area is 218 Å². The van der Waals surface area contributed by atoms with Crippen LogP contribution in [0, 0.1) is 0 Å². The van der Waals surface area contributed by atoms with E-state index < -0.39 is 0 Å². The fraction of sp³-hybridized carbons (Fsp3) is 0.179. The first-order chi connectivity index (χ1) is 18.1. The number of carbonyl (C=O) groups excluding carboxylic acids is 1. The summed E-state index contributed by atoms with van der Waals surface area (Å²) in [6, 6.07) is 22.2. The zero-order valence-electron chi connectivity index (χ0n) is 20.0. The number of carbonyl (C=O) groups is 1. The van der Waals surface area contributed by atoms with E-state index in [1.165, 1.54) is 17.0 Å². The van der Waals surface area contributed by atoms with Gasteiger partial charge in [0.1, 0.15) is 0 Å². The summed E-state index contributed by atoms with van der Waals surface area (Å²) in [6.45, 7) is 1.77. The van der Waals surface area contributed by atoms with E-state index in [0.717, 1.165) is 53.9 Å². The van der Waals surface area contributed by atoms with E-state index in [1.807, 2.05) is 41.2 Å². The largest absolute Gasteiger partial charge is 0.393 e. The SMILES string of the molecule is O=C(Nc1ccc(-n2ncc3cc(Nc4ccc(N5CCC(O)CC5)cc4)ccc32)cc1)c1nccs1. The standard InChI is InChI=1S/C28H26N6O2S/c35-25-11-14-33(15-12-25)23-6-1-20(2-7-23)31-22-5-10-26-19(17-22)18-30-34(26)24-8-3-21(4-9-24)32-27(36)28-29-13-16-37-28/h1-10,13,16-18,25,31,35H,11-12,14-15H2,(H,32,36). The number of amides is 1. The number of fused-ring (bicyclic) bond motifs is 1. The molecule has 186 valence electrons. The lowest BCUT2D eigenvalue weighted by Gasteiger charge is -2.31. The number of aliphatic hydroxyl groups is 1. The predicted molar refractivity (Wildman–Crippen MR) is 148 cm³/mol. The van der Waals surface area contributed by atoms with Crippen LogP contribution in [0.4, 0.5) is 22.7 Å². The van der Waals surface area contributed by atoms with E-state index in [9.17, 15) is 9.90 Å². The molecule has 8 nitrogen and oxygen atoms in total. The summed E-state index contributed by atoms with van der Waals surface area (Å²) in [4.78, 5) is 18.6. The average molecular weight is 511 g/mol. The molecule has 0 radical (unpaired) electrons. The molecule has 3 heterocycles. The van der Waals surface area contributed by atoms with E-state index in [-0.39, 0.29) is 12.0 Å². The first kappa shape index (κ1) is 23.2. The number of aliphatic hydroxyl groups excluding tert-OH is 1. The normalized spacial score (nSPS) is 14.1. The molecule has 6 rings (SSSR count). The number of thiazole rings is 1. The first-order valence-electron chi connectivity index (χ1n) is 12.2. The summed E-state index contributed by atoms with van der Waals surface area (Å²) < 4.78 is 1.88. The van der Waals surface area contributed by atoms with E-state index >= 15 is 0 Å². The van der Waals surface area contributed by atoms with Crippen LogP contribution in [-0.4, -0.2) is 45.0 Å². The molecule has 1 amide bonds. The van der Waals surface area contributed by atoms with Gasteiger partial charge in [0.2, 0.25) is 0 Å². The van der Waals surface area contributed by atoms with Gasteiger partial charge in [0.25, 0.3) is 5.91 Å². The Hall–Kier alpha value is -4.21. The van der Waals surface area contributed by atoms with Gasteiger partial charge in [0, 0.05) is 52.8 Å². The van der Waals surface area contributed by atoms with E-state index in [1.54, 1.807) is 11.6 Å². The summed E-state index contributed by atoms with van der Waals surface area (Å²) in [6.07, 6.45) is 4.94. The molecule has 0 atom stereocenters. The highest BCUT2D eigenvalue weighted by Crippen LogP contribution is 2.27. The molecular weight excluding hydrogens is 484 g/mol. The number of nitrogens with one attached hydrogen (secondary N) is 2. The number of hydrogen-bond donors (Lipinski definition) is 3. The van der Waals surface area contributed by atoms with Gasteiger partial charge in [-0.3, -0.25) is 4.79 Å². The molecule has 1 fully saturated rings. The van der Waals surface area contributed by atoms with Gasteiger partial charge in [0.15, 0.2) is 5.01 Å². The van der Waals surface area contributed by atoms with E-state index in [0.29, 0.717) is 10.7 Å². The van der Waals surface area contributed by atoms with Crippen molar-refractivity contribution in [2.45, 2.75) is 18.9 Å². The number of piperidine rings is 1. The van der Waals surface area contributed by atoms with Gasteiger partial charge in [-0.1, -0.05) is 0 Å². The fourth-order valence-electron chi connectivity index (χ4n) is 4.57. The van der Waals surface area contributed by atoms with Gasteiger partial charge in [-0.25, -0.2) is 9.67 Å². The van der Waals surface area contributed by atoms with Crippen molar-refractivity contribution in [3.8, 4) is 5.69 Å². The molecule has 37 heavy (non-hydrogen) atoms. The van der Waals surface area contributed by atoms with Crippen molar-refractivity contribution in [2.75, 3.05) is 28.6 Å². The Bertz CT molecular complexity index is 1510. The van der Waals surface area contributed by atoms with Crippen LogP contribution < -0.4 is 15.5 Å². The maximum absolute atomic E-state index is 12.2. The Kier molecular flexibility index (Phi) is 6.30. The Morgan fingerprint density at radius 2 is 1.62 bits per heavy atom. The molecule has 0 bridgehead atoms. The zero-order valence-corrected chi connectivity index (χ0v) is 20.9. The number of rotatable bonds is 6. The predicted octanol–water partition coefficient (Wildman–Crippen LogP) is 5.44. The van der Waals surface area contributed by atoms with Crippen LogP contribution in [0.2, 0.25) is 0 Å². The van der Waals surface area contributed by atoms with Gasteiger partial charge in [-0.05, 0) is 79.6 Å². The molecule has 0 saturated carbocycles. The van der Waals surface area contributed by atoms with Crippen molar-refractivity contribution in [1.29, 1.82) is 0 Å². The van der Waals surface area contributed by atoms with Crippen LogP contribution >= 0.6 is 11.3 Å². The molecule has 1 aliphatic heterocycles. The molecule has 1 saturated heterocycles. The van der Waals surface area contributed by atoms with E-state index in [2.05, 4.69) is 62.0 Å². The van der Waals surface area contributed by atoms with E-state index in [4.69, 9.17) is 0 Å². The number of benzene rings is 3. The van der Waals surface area contributed by atoms with Crippen molar-refractivity contribution in [3.05, 3.63) is 89.5 Å². The second-order valence-electron chi connectivity index (χ2n) is 9.06. The zero-order chi connectivity index (χ0) is 25.2. The fourth-order valence-corrected chi connectivity index (χ4v) is 5.10. The average Bonchev–Trinajstić information content (AvgIpc) is 3.61. The Morgan fingerprint density at radius 1 is 0.919 bits per heavy atom. The lowest BCUT2D eigenvalue weighted by molar-refractivity contribution is 0.102. The summed E-state index contributed by atoms with van der Waals surface area (Å²) in [5.74, 6) is -0.215. The minimum Gasteiger partial charge on any atom is -0.393 e. The maximum atomic E-state index is 12.2. The molecule has 1 aliphatic rings. The second-order valence-corrected chi connectivity index (χ2v) is 9.95. The van der Waals surface area contributed by atoms with Gasteiger partial charge in [-0.2, -0.15) is 5.10 Å². The third kappa shape index (κ3) is 5.04.